The first-order chi connectivity index (χ1) is 10.5. The zero-order valence-corrected chi connectivity index (χ0v) is 14.3. The van der Waals surface area contributed by atoms with Crippen molar-refractivity contribution in [3.63, 3.8) is 0 Å². The summed E-state index contributed by atoms with van der Waals surface area (Å²) < 4.78 is 0. The maximum Gasteiger partial charge on any atom is 0.255 e. The minimum Gasteiger partial charge on any atom is -0.376 e. The molecule has 0 unspecified atom stereocenters. The number of carbonyl (C=O) groups is 1. The van der Waals surface area contributed by atoms with Gasteiger partial charge in [0.05, 0.1) is 16.4 Å². The lowest BCUT2D eigenvalue weighted by Crippen LogP contribution is -2.16. The van der Waals surface area contributed by atoms with E-state index in [2.05, 4.69) is 17.2 Å². The van der Waals surface area contributed by atoms with Crippen molar-refractivity contribution in [3.8, 4) is 0 Å². The predicted molar refractivity (Wildman–Crippen MR) is 94.4 cm³/mol. The Kier molecular flexibility index (Phi) is 5.69. The molecule has 0 radical (unpaired) electrons. The predicted octanol–water partition coefficient (Wildman–Crippen LogP) is 4.17. The molecule has 0 aliphatic heterocycles. The minimum atomic E-state index is -0.175. The van der Waals surface area contributed by atoms with Crippen molar-refractivity contribution in [2.75, 3.05) is 30.1 Å². The van der Waals surface area contributed by atoms with Crippen LogP contribution in [0.25, 0.3) is 0 Å². The van der Waals surface area contributed by atoms with Gasteiger partial charge >= 0.3 is 0 Å². The van der Waals surface area contributed by atoms with Crippen molar-refractivity contribution >= 4 is 40.6 Å². The molecule has 0 aliphatic carbocycles. The molecule has 0 aliphatic rings. The van der Waals surface area contributed by atoms with E-state index in [4.69, 9.17) is 11.6 Å². The molecule has 2 rings (SSSR count). The second-order valence-electron chi connectivity index (χ2n) is 4.83. The Morgan fingerprint density at radius 1 is 1.32 bits per heavy atom. The Morgan fingerprint density at radius 2 is 2.09 bits per heavy atom. The zero-order valence-electron chi connectivity index (χ0n) is 12.8. The van der Waals surface area contributed by atoms with Crippen LogP contribution in [0.5, 0.6) is 0 Å². The third kappa shape index (κ3) is 4.15. The summed E-state index contributed by atoms with van der Waals surface area (Å²) in [6.45, 7) is 2.05. The van der Waals surface area contributed by atoms with Crippen LogP contribution in [0.4, 0.5) is 11.4 Å². The molecule has 116 valence electrons. The van der Waals surface area contributed by atoms with Gasteiger partial charge in [-0.05, 0) is 36.1 Å². The molecular formula is C16H18ClN3OS. The molecule has 1 aromatic carbocycles. The van der Waals surface area contributed by atoms with E-state index in [1.807, 2.05) is 25.1 Å². The maximum atomic E-state index is 12.4. The Hall–Kier alpha value is -1.72. The van der Waals surface area contributed by atoms with Gasteiger partial charge in [-0.1, -0.05) is 18.5 Å². The molecule has 0 saturated heterocycles. The average Bonchev–Trinajstić information content (AvgIpc) is 2.47. The number of nitrogens with zero attached hydrogens (tertiary/aromatic N) is 2. The molecule has 0 atom stereocenters. The van der Waals surface area contributed by atoms with Crippen LogP contribution >= 0.6 is 23.4 Å². The van der Waals surface area contributed by atoms with E-state index >= 15 is 0 Å². The van der Waals surface area contributed by atoms with E-state index in [1.165, 1.54) is 0 Å². The third-order valence-corrected chi connectivity index (χ3v) is 4.02. The quantitative estimate of drug-likeness (QED) is 0.833. The van der Waals surface area contributed by atoms with E-state index in [0.29, 0.717) is 16.3 Å². The lowest BCUT2D eigenvalue weighted by atomic mass is 10.2. The first-order valence-electron chi connectivity index (χ1n) is 6.88. The van der Waals surface area contributed by atoms with Crippen LogP contribution in [-0.4, -0.2) is 30.7 Å². The van der Waals surface area contributed by atoms with Crippen LogP contribution in [0.1, 0.15) is 17.3 Å². The Morgan fingerprint density at radius 3 is 2.77 bits per heavy atom. The fraction of sp³-hybridized carbons (Fsp3) is 0.250. The second-order valence-corrected chi connectivity index (χ2v) is 6.55. The molecule has 1 aromatic heterocycles. The Labute approximate surface area is 139 Å². The molecule has 0 spiro atoms. The lowest BCUT2D eigenvalue weighted by Gasteiger charge is -2.18. The highest BCUT2D eigenvalue weighted by molar-refractivity contribution is 7.99. The number of carbonyl (C=O) groups excluding carboxylic acids is 1. The monoisotopic (exact) mass is 335 g/mol. The molecule has 22 heavy (non-hydrogen) atoms. The summed E-state index contributed by atoms with van der Waals surface area (Å²) in [5.74, 6) is 0.739. The summed E-state index contributed by atoms with van der Waals surface area (Å²) in [6, 6.07) is 8.92. The van der Waals surface area contributed by atoms with Gasteiger partial charge in [-0.2, -0.15) is 0 Å². The summed E-state index contributed by atoms with van der Waals surface area (Å²) >= 11 is 7.64. The van der Waals surface area contributed by atoms with Gasteiger partial charge in [0.2, 0.25) is 0 Å². The van der Waals surface area contributed by atoms with E-state index in [0.717, 1.165) is 16.5 Å². The van der Waals surface area contributed by atoms with Gasteiger partial charge in [0.15, 0.2) is 0 Å². The highest BCUT2D eigenvalue weighted by Gasteiger charge is 2.12. The van der Waals surface area contributed by atoms with E-state index < -0.39 is 0 Å². The van der Waals surface area contributed by atoms with Crippen LogP contribution < -0.4 is 10.2 Å². The number of rotatable bonds is 5. The summed E-state index contributed by atoms with van der Waals surface area (Å²) in [6.07, 6.45) is 1.65. The second kappa shape index (κ2) is 7.51. The van der Waals surface area contributed by atoms with Gasteiger partial charge in [0.25, 0.3) is 5.91 Å². The molecule has 1 heterocycles. The summed E-state index contributed by atoms with van der Waals surface area (Å²) in [4.78, 5) is 18.6. The fourth-order valence-corrected chi connectivity index (χ4v) is 2.78. The van der Waals surface area contributed by atoms with Gasteiger partial charge < -0.3 is 10.2 Å². The van der Waals surface area contributed by atoms with E-state index in [9.17, 15) is 4.79 Å². The maximum absolute atomic E-state index is 12.4. The summed E-state index contributed by atoms with van der Waals surface area (Å²) in [7, 11) is 3.84. The molecule has 1 amide bonds. The van der Waals surface area contributed by atoms with Crippen LogP contribution in [0.15, 0.2) is 41.6 Å². The number of hydrogen-bond donors (Lipinski definition) is 1. The van der Waals surface area contributed by atoms with Crippen molar-refractivity contribution in [3.05, 3.63) is 47.1 Å². The van der Waals surface area contributed by atoms with Gasteiger partial charge in [-0.25, -0.2) is 4.98 Å². The zero-order chi connectivity index (χ0) is 16.1. The summed E-state index contributed by atoms with van der Waals surface area (Å²) in [5.41, 5.74) is 2.16. The normalized spacial score (nSPS) is 10.4. The topological polar surface area (TPSA) is 45.2 Å². The summed E-state index contributed by atoms with van der Waals surface area (Å²) in [5, 5.41) is 4.34. The first kappa shape index (κ1) is 16.6. The average molecular weight is 336 g/mol. The molecule has 4 nitrogen and oxygen atoms in total. The van der Waals surface area contributed by atoms with Crippen molar-refractivity contribution in [2.45, 2.75) is 11.9 Å². The standard InChI is InChI=1S/C16H18ClN3OS/c1-4-22-15-9-11(7-8-18-15)16(21)19-13-10-12(17)5-6-14(13)20(2)3/h5-10H,4H2,1-3H3,(H,19,21). The number of halogens is 1. The third-order valence-electron chi connectivity index (χ3n) is 2.98. The molecule has 0 bridgehead atoms. The number of aromatic nitrogens is 1. The molecular weight excluding hydrogens is 318 g/mol. The van der Waals surface area contributed by atoms with Crippen LogP contribution in [-0.2, 0) is 0 Å². The van der Waals surface area contributed by atoms with Crippen molar-refractivity contribution in [1.29, 1.82) is 0 Å². The molecule has 6 heteroatoms. The highest BCUT2D eigenvalue weighted by atomic mass is 35.5. The number of pyridine rings is 1. The van der Waals surface area contributed by atoms with Crippen molar-refractivity contribution in [2.24, 2.45) is 0 Å². The Bertz CT molecular complexity index is 676. The number of anilines is 2. The number of amides is 1. The number of hydrogen-bond acceptors (Lipinski definition) is 4. The van der Waals surface area contributed by atoms with Crippen LogP contribution in [0.3, 0.4) is 0 Å². The SMILES string of the molecule is CCSc1cc(C(=O)Nc2cc(Cl)ccc2N(C)C)ccn1. The fourth-order valence-electron chi connectivity index (χ4n) is 1.97. The Balaban J connectivity index is 2.25. The lowest BCUT2D eigenvalue weighted by molar-refractivity contribution is 0.102. The van der Waals surface area contributed by atoms with Gasteiger partial charge in [-0.3, -0.25) is 4.79 Å². The van der Waals surface area contributed by atoms with Crippen molar-refractivity contribution in [1.82, 2.24) is 4.98 Å². The number of benzene rings is 1. The molecule has 0 fully saturated rings. The largest absolute Gasteiger partial charge is 0.376 e. The van der Waals surface area contributed by atoms with Gasteiger partial charge in [-0.15, -0.1) is 11.8 Å². The molecule has 2 aromatic rings. The highest BCUT2D eigenvalue weighted by Crippen LogP contribution is 2.28. The first-order valence-corrected chi connectivity index (χ1v) is 8.24. The van der Waals surface area contributed by atoms with E-state index in [1.54, 1.807) is 42.2 Å². The molecule has 1 N–H and O–H groups in total. The van der Waals surface area contributed by atoms with Crippen molar-refractivity contribution < 1.29 is 4.79 Å². The van der Waals surface area contributed by atoms with Gasteiger partial charge in [0.1, 0.15) is 0 Å². The van der Waals surface area contributed by atoms with Crippen LogP contribution in [0.2, 0.25) is 5.02 Å². The molecule has 0 saturated carbocycles. The number of nitrogens with one attached hydrogen (secondary N) is 1. The van der Waals surface area contributed by atoms with Gasteiger partial charge in [0, 0.05) is 30.9 Å². The van der Waals surface area contributed by atoms with E-state index in [-0.39, 0.29) is 5.91 Å². The minimum absolute atomic E-state index is 0.175. The van der Waals surface area contributed by atoms with Crippen LogP contribution in [0, 0.1) is 0 Å². The number of thioether (sulfide) groups is 1. The smallest absolute Gasteiger partial charge is 0.255 e.